The standard InChI is InChI=1S/C11H21N3/c1-6-11(5,12)9-13-7-8(14-9)10(2,3)4/h7H,6,12H2,1-5H3,(H,13,14). The molecule has 3 N–H and O–H groups in total. The molecule has 0 aliphatic rings. The van der Waals surface area contributed by atoms with Crippen LogP contribution in [-0.2, 0) is 11.0 Å². The normalized spacial score (nSPS) is 16.7. The number of imidazole rings is 1. The summed E-state index contributed by atoms with van der Waals surface area (Å²) >= 11 is 0. The molecule has 1 rings (SSSR count). The number of H-pyrrole nitrogens is 1. The molecule has 1 heterocycles. The Kier molecular flexibility index (Phi) is 2.72. The monoisotopic (exact) mass is 195 g/mol. The van der Waals surface area contributed by atoms with Crippen molar-refractivity contribution in [1.29, 1.82) is 0 Å². The molecule has 80 valence electrons. The van der Waals surface area contributed by atoms with Gasteiger partial charge in [-0.15, -0.1) is 0 Å². The summed E-state index contributed by atoms with van der Waals surface area (Å²) < 4.78 is 0. The average molecular weight is 195 g/mol. The first-order valence-corrected chi connectivity index (χ1v) is 5.12. The molecule has 14 heavy (non-hydrogen) atoms. The smallest absolute Gasteiger partial charge is 0.126 e. The topological polar surface area (TPSA) is 54.7 Å². The first kappa shape index (κ1) is 11.2. The molecule has 0 fully saturated rings. The van der Waals surface area contributed by atoms with Gasteiger partial charge in [0.05, 0.1) is 5.54 Å². The van der Waals surface area contributed by atoms with Crippen LogP contribution in [0.3, 0.4) is 0 Å². The summed E-state index contributed by atoms with van der Waals surface area (Å²) in [4.78, 5) is 7.65. The van der Waals surface area contributed by atoms with E-state index in [1.165, 1.54) is 0 Å². The summed E-state index contributed by atoms with van der Waals surface area (Å²) in [5.41, 5.74) is 7.00. The lowest BCUT2D eigenvalue weighted by Crippen LogP contribution is -2.33. The second kappa shape index (κ2) is 3.39. The summed E-state index contributed by atoms with van der Waals surface area (Å²) in [5.74, 6) is 0.880. The van der Waals surface area contributed by atoms with E-state index in [0.717, 1.165) is 17.9 Å². The SMILES string of the molecule is CCC(C)(N)c1ncc(C(C)(C)C)[nH]1. The molecule has 0 aliphatic heterocycles. The fourth-order valence-electron chi connectivity index (χ4n) is 1.16. The Hall–Kier alpha value is -0.830. The highest BCUT2D eigenvalue weighted by atomic mass is 15.0. The maximum Gasteiger partial charge on any atom is 0.126 e. The van der Waals surface area contributed by atoms with Gasteiger partial charge in [-0.05, 0) is 13.3 Å². The van der Waals surface area contributed by atoms with Crippen LogP contribution in [0.15, 0.2) is 6.20 Å². The van der Waals surface area contributed by atoms with Crippen LogP contribution in [0.1, 0.15) is 52.6 Å². The van der Waals surface area contributed by atoms with Crippen molar-refractivity contribution >= 4 is 0 Å². The van der Waals surface area contributed by atoms with E-state index in [4.69, 9.17) is 5.73 Å². The van der Waals surface area contributed by atoms with E-state index in [1.807, 2.05) is 13.1 Å². The molecule has 0 spiro atoms. The van der Waals surface area contributed by atoms with E-state index in [-0.39, 0.29) is 11.0 Å². The van der Waals surface area contributed by atoms with Crippen molar-refractivity contribution in [3.8, 4) is 0 Å². The van der Waals surface area contributed by atoms with Gasteiger partial charge in [-0.25, -0.2) is 4.98 Å². The second-order valence-electron chi connectivity index (χ2n) is 5.17. The number of aromatic nitrogens is 2. The second-order valence-corrected chi connectivity index (χ2v) is 5.17. The van der Waals surface area contributed by atoms with E-state index in [9.17, 15) is 0 Å². The zero-order chi connectivity index (χ0) is 11.0. The van der Waals surface area contributed by atoms with Crippen LogP contribution in [0.25, 0.3) is 0 Å². The van der Waals surface area contributed by atoms with Gasteiger partial charge < -0.3 is 10.7 Å². The minimum absolute atomic E-state index is 0.106. The van der Waals surface area contributed by atoms with Gasteiger partial charge in [0.1, 0.15) is 5.82 Å². The quantitative estimate of drug-likeness (QED) is 0.760. The van der Waals surface area contributed by atoms with Crippen LogP contribution >= 0.6 is 0 Å². The lowest BCUT2D eigenvalue weighted by Gasteiger charge is -2.20. The number of rotatable bonds is 2. The predicted octanol–water partition coefficient (Wildman–Crippen LogP) is 2.29. The van der Waals surface area contributed by atoms with E-state index in [0.29, 0.717) is 0 Å². The number of nitrogens with zero attached hydrogens (tertiary/aromatic N) is 1. The van der Waals surface area contributed by atoms with Gasteiger partial charge in [0.25, 0.3) is 0 Å². The molecule has 3 heteroatoms. The van der Waals surface area contributed by atoms with Crippen molar-refractivity contribution in [3.05, 3.63) is 17.7 Å². The predicted molar refractivity (Wildman–Crippen MR) is 59.1 cm³/mol. The minimum Gasteiger partial charge on any atom is -0.344 e. The summed E-state index contributed by atoms with van der Waals surface area (Å²) in [6, 6.07) is 0. The van der Waals surface area contributed by atoms with Gasteiger partial charge >= 0.3 is 0 Å². The number of nitrogens with two attached hydrogens (primary N) is 1. The van der Waals surface area contributed by atoms with Gasteiger partial charge in [0, 0.05) is 17.3 Å². The summed E-state index contributed by atoms with van der Waals surface area (Å²) in [6.07, 6.45) is 2.76. The molecular weight excluding hydrogens is 174 g/mol. The van der Waals surface area contributed by atoms with Crippen molar-refractivity contribution in [3.63, 3.8) is 0 Å². The molecule has 0 saturated carbocycles. The Labute approximate surface area is 86.1 Å². The van der Waals surface area contributed by atoms with Gasteiger partial charge in [0.15, 0.2) is 0 Å². The van der Waals surface area contributed by atoms with E-state index < -0.39 is 0 Å². The van der Waals surface area contributed by atoms with Crippen LogP contribution in [0.2, 0.25) is 0 Å². The molecule has 1 aromatic heterocycles. The van der Waals surface area contributed by atoms with Crippen LogP contribution in [0.5, 0.6) is 0 Å². The van der Waals surface area contributed by atoms with Crippen LogP contribution in [0, 0.1) is 0 Å². The van der Waals surface area contributed by atoms with Crippen LogP contribution in [0.4, 0.5) is 0 Å². The largest absolute Gasteiger partial charge is 0.344 e. The fourth-order valence-corrected chi connectivity index (χ4v) is 1.16. The van der Waals surface area contributed by atoms with Gasteiger partial charge in [-0.1, -0.05) is 27.7 Å². The Morgan fingerprint density at radius 2 is 1.93 bits per heavy atom. The molecule has 0 radical (unpaired) electrons. The number of hydrogen-bond donors (Lipinski definition) is 2. The van der Waals surface area contributed by atoms with Crippen molar-refractivity contribution < 1.29 is 0 Å². The highest BCUT2D eigenvalue weighted by Gasteiger charge is 2.24. The van der Waals surface area contributed by atoms with Gasteiger partial charge in [0.2, 0.25) is 0 Å². The molecule has 0 bridgehead atoms. The molecule has 3 nitrogen and oxygen atoms in total. The van der Waals surface area contributed by atoms with E-state index >= 15 is 0 Å². The maximum absolute atomic E-state index is 6.10. The molecule has 0 aromatic carbocycles. The molecular formula is C11H21N3. The van der Waals surface area contributed by atoms with E-state index in [2.05, 4.69) is 37.7 Å². The maximum atomic E-state index is 6.10. The fraction of sp³-hybridized carbons (Fsp3) is 0.727. The van der Waals surface area contributed by atoms with Crippen LogP contribution < -0.4 is 5.73 Å². The Morgan fingerprint density at radius 3 is 2.29 bits per heavy atom. The first-order valence-electron chi connectivity index (χ1n) is 5.12. The zero-order valence-electron chi connectivity index (χ0n) is 9.81. The third-order valence-electron chi connectivity index (χ3n) is 2.66. The van der Waals surface area contributed by atoms with E-state index in [1.54, 1.807) is 0 Å². The Balaban J connectivity index is 3.00. The summed E-state index contributed by atoms with van der Waals surface area (Å²) in [6.45, 7) is 10.5. The number of hydrogen-bond acceptors (Lipinski definition) is 2. The molecule has 1 unspecified atom stereocenters. The first-order chi connectivity index (χ1) is 6.27. The molecule has 1 aromatic rings. The average Bonchev–Trinajstić information content (AvgIpc) is 2.51. The lowest BCUT2D eigenvalue weighted by atomic mass is 9.93. The van der Waals surface area contributed by atoms with Crippen LogP contribution in [-0.4, -0.2) is 9.97 Å². The summed E-state index contributed by atoms with van der Waals surface area (Å²) in [5, 5.41) is 0. The lowest BCUT2D eigenvalue weighted by molar-refractivity contribution is 0.446. The number of nitrogens with one attached hydrogen (secondary N) is 1. The Bertz CT molecular complexity index is 305. The highest BCUT2D eigenvalue weighted by Crippen LogP contribution is 2.24. The summed E-state index contributed by atoms with van der Waals surface area (Å²) in [7, 11) is 0. The van der Waals surface area contributed by atoms with Crippen molar-refractivity contribution in [2.45, 2.75) is 52.0 Å². The third kappa shape index (κ3) is 2.15. The number of aromatic amines is 1. The molecule has 0 saturated heterocycles. The third-order valence-corrected chi connectivity index (χ3v) is 2.66. The zero-order valence-corrected chi connectivity index (χ0v) is 9.81. The van der Waals surface area contributed by atoms with Crippen molar-refractivity contribution in [1.82, 2.24) is 9.97 Å². The molecule has 1 atom stereocenters. The van der Waals surface area contributed by atoms with Gasteiger partial charge in [-0.2, -0.15) is 0 Å². The van der Waals surface area contributed by atoms with Crippen molar-refractivity contribution in [2.75, 3.05) is 0 Å². The van der Waals surface area contributed by atoms with Gasteiger partial charge in [-0.3, -0.25) is 0 Å². The Morgan fingerprint density at radius 1 is 1.36 bits per heavy atom. The highest BCUT2D eigenvalue weighted by molar-refractivity contribution is 5.15. The molecule has 0 amide bonds. The van der Waals surface area contributed by atoms with Crippen molar-refractivity contribution in [2.24, 2.45) is 5.73 Å². The molecule has 0 aliphatic carbocycles. The minimum atomic E-state index is -0.344.